The first-order valence-corrected chi connectivity index (χ1v) is 11.9. The molecule has 0 aliphatic heterocycles. The van der Waals surface area contributed by atoms with Gasteiger partial charge in [0, 0.05) is 17.0 Å². The van der Waals surface area contributed by atoms with E-state index in [1.807, 2.05) is 30.0 Å². The van der Waals surface area contributed by atoms with Crippen molar-refractivity contribution < 1.29 is 14.3 Å². The molecule has 0 radical (unpaired) electrons. The number of rotatable bonds is 13. The third-order valence-electron chi connectivity index (χ3n) is 5.46. The molecule has 2 aromatic carbocycles. The van der Waals surface area contributed by atoms with Gasteiger partial charge < -0.3 is 15.2 Å². The molecule has 5 heteroatoms. The van der Waals surface area contributed by atoms with Crippen LogP contribution in [0.2, 0.25) is 0 Å². The van der Waals surface area contributed by atoms with Gasteiger partial charge in [-0.25, -0.2) is 0 Å². The summed E-state index contributed by atoms with van der Waals surface area (Å²) in [5.74, 6) is 2.46. The highest BCUT2D eigenvalue weighted by Crippen LogP contribution is 2.39. The van der Waals surface area contributed by atoms with Crippen LogP contribution in [0.3, 0.4) is 0 Å². The molecule has 30 heavy (non-hydrogen) atoms. The number of carbonyl (C=O) groups is 1. The Morgan fingerprint density at radius 1 is 1.07 bits per heavy atom. The van der Waals surface area contributed by atoms with Crippen molar-refractivity contribution in [3.63, 3.8) is 0 Å². The molecule has 0 aromatic heterocycles. The molecule has 2 N–H and O–H groups in total. The number of hydrogen-bond donors (Lipinski definition) is 1. The van der Waals surface area contributed by atoms with Crippen molar-refractivity contribution in [2.24, 2.45) is 5.73 Å². The molecule has 0 fully saturated rings. The Morgan fingerprint density at radius 2 is 1.80 bits per heavy atom. The van der Waals surface area contributed by atoms with Gasteiger partial charge in [-0.2, -0.15) is 11.8 Å². The molecular weight excluding hydrogens is 394 g/mol. The minimum Gasteiger partial charge on any atom is -0.496 e. The van der Waals surface area contributed by atoms with Crippen LogP contribution in [0, 0.1) is 0 Å². The summed E-state index contributed by atoms with van der Waals surface area (Å²) in [7, 11) is 1.66. The maximum absolute atomic E-state index is 11.4. The van der Waals surface area contributed by atoms with Crippen molar-refractivity contribution in [1.29, 1.82) is 0 Å². The lowest BCUT2D eigenvalue weighted by Crippen LogP contribution is -2.21. The zero-order chi connectivity index (χ0) is 22.0. The molecule has 0 spiro atoms. The molecule has 0 bridgehead atoms. The molecule has 0 unspecified atom stereocenters. The maximum Gasteiger partial charge on any atom is 0.183 e. The molecule has 0 aliphatic carbocycles. The fourth-order valence-corrected chi connectivity index (χ4v) is 3.99. The van der Waals surface area contributed by atoms with Crippen molar-refractivity contribution in [3.05, 3.63) is 59.2 Å². The quantitative estimate of drug-likeness (QED) is 0.454. The Bertz CT molecular complexity index is 803. The normalized spacial score (nSPS) is 11.4. The van der Waals surface area contributed by atoms with Gasteiger partial charge in [0.1, 0.15) is 18.1 Å². The molecule has 164 valence electrons. The number of methoxy groups -OCH3 is 1. The molecule has 0 saturated heterocycles. The van der Waals surface area contributed by atoms with Crippen molar-refractivity contribution in [2.75, 3.05) is 32.3 Å². The number of carbonyl (C=O) groups excluding carboxylic acids is 1. The van der Waals surface area contributed by atoms with Crippen LogP contribution in [-0.4, -0.2) is 38.1 Å². The van der Waals surface area contributed by atoms with Gasteiger partial charge in [0.05, 0.1) is 13.7 Å². The lowest BCUT2D eigenvalue weighted by Gasteiger charge is -2.28. The van der Waals surface area contributed by atoms with E-state index in [2.05, 4.69) is 44.4 Å². The Morgan fingerprint density at radius 3 is 2.43 bits per heavy atom. The molecule has 2 aromatic rings. The average molecular weight is 430 g/mol. The number of ketones is 1. The maximum atomic E-state index is 11.4. The largest absolute Gasteiger partial charge is 0.496 e. The third kappa shape index (κ3) is 6.78. The molecular formula is C25H35NO3S. The van der Waals surface area contributed by atoms with E-state index in [1.165, 1.54) is 36.1 Å². The van der Waals surface area contributed by atoms with E-state index in [9.17, 15) is 4.79 Å². The first-order chi connectivity index (χ1) is 14.4. The van der Waals surface area contributed by atoms with Crippen LogP contribution in [0.25, 0.3) is 0 Å². The monoisotopic (exact) mass is 429 g/mol. The summed E-state index contributed by atoms with van der Waals surface area (Å²) < 4.78 is 11.2. The van der Waals surface area contributed by atoms with Crippen LogP contribution >= 0.6 is 11.8 Å². The van der Waals surface area contributed by atoms with E-state index in [0.717, 1.165) is 17.7 Å². The predicted molar refractivity (Wildman–Crippen MR) is 127 cm³/mol. The third-order valence-corrected chi connectivity index (χ3v) is 6.16. The fraction of sp³-hybridized carbons (Fsp3) is 0.480. The van der Waals surface area contributed by atoms with Crippen molar-refractivity contribution in [2.45, 2.75) is 44.9 Å². The van der Waals surface area contributed by atoms with Gasteiger partial charge in [-0.05, 0) is 48.5 Å². The minimum atomic E-state index is -0.228. The highest BCUT2D eigenvalue weighted by molar-refractivity contribution is 7.98. The van der Waals surface area contributed by atoms with Crippen LogP contribution in [0.4, 0.5) is 0 Å². The van der Waals surface area contributed by atoms with Gasteiger partial charge in [-0.15, -0.1) is 0 Å². The first-order valence-electron chi connectivity index (χ1n) is 10.5. The molecule has 0 saturated carbocycles. The summed E-state index contributed by atoms with van der Waals surface area (Å²) in [5, 5.41) is 0. The second-order valence-corrected chi connectivity index (χ2v) is 9.00. The van der Waals surface area contributed by atoms with Gasteiger partial charge in [-0.1, -0.05) is 50.6 Å². The second-order valence-electron chi connectivity index (χ2n) is 8.02. The Hall–Kier alpha value is -1.98. The Labute approximate surface area is 185 Å². The Balaban J connectivity index is 2.10. The topological polar surface area (TPSA) is 61.5 Å². The smallest absolute Gasteiger partial charge is 0.183 e. The van der Waals surface area contributed by atoms with Crippen LogP contribution in [-0.2, 0) is 16.6 Å². The average Bonchev–Trinajstić information content (AvgIpc) is 2.77. The number of aryl methyl sites for hydroxylation is 1. The summed E-state index contributed by atoms with van der Waals surface area (Å²) in [6.07, 6.45) is 7.12. The number of nitrogens with two attached hydrogens (primary N) is 1. The molecule has 4 nitrogen and oxygen atoms in total. The summed E-state index contributed by atoms with van der Waals surface area (Å²) in [6, 6.07) is 14.7. The van der Waals surface area contributed by atoms with Crippen LogP contribution in [0.1, 0.15) is 49.8 Å². The number of hydrogen-bond acceptors (Lipinski definition) is 5. The summed E-state index contributed by atoms with van der Waals surface area (Å²) in [4.78, 5) is 11.4. The lowest BCUT2D eigenvalue weighted by molar-refractivity contribution is -0.119. The standard InChI is InChI=1S/C25H35NO3S/c1-25(2,20-11-9-19(10-12-20)8-6-5-7-15-30-4)23-14-13-22(16-24(23)28-3)29-18-21(27)17-26/h9-14,16H,5-8,15,17-18,26H2,1-4H3. The second kappa shape index (κ2) is 12.0. The fourth-order valence-electron chi connectivity index (χ4n) is 3.50. The molecule has 0 atom stereocenters. The van der Waals surface area contributed by atoms with Crippen LogP contribution in [0.15, 0.2) is 42.5 Å². The van der Waals surface area contributed by atoms with E-state index >= 15 is 0 Å². The summed E-state index contributed by atoms with van der Waals surface area (Å²) in [5.41, 5.74) is 8.81. The highest BCUT2D eigenvalue weighted by Gasteiger charge is 2.27. The SMILES string of the molecule is COc1cc(OCC(=O)CN)ccc1C(C)(C)c1ccc(CCCCCSC)cc1. The van der Waals surface area contributed by atoms with E-state index in [4.69, 9.17) is 15.2 Å². The predicted octanol–water partition coefficient (Wildman–Crippen LogP) is 5.00. The zero-order valence-electron chi connectivity index (χ0n) is 18.7. The Kier molecular flexibility index (Phi) is 9.73. The van der Waals surface area contributed by atoms with E-state index in [1.54, 1.807) is 7.11 Å². The summed E-state index contributed by atoms with van der Waals surface area (Å²) >= 11 is 1.92. The molecule has 0 heterocycles. The number of ether oxygens (including phenoxy) is 2. The molecule has 0 aliphatic rings. The highest BCUT2D eigenvalue weighted by atomic mass is 32.2. The van der Waals surface area contributed by atoms with E-state index in [0.29, 0.717) is 5.75 Å². The number of benzene rings is 2. The van der Waals surface area contributed by atoms with E-state index < -0.39 is 0 Å². The lowest BCUT2D eigenvalue weighted by atomic mass is 9.77. The molecule has 0 amide bonds. The van der Waals surface area contributed by atoms with Gasteiger partial charge in [0.2, 0.25) is 0 Å². The molecule has 2 rings (SSSR count). The van der Waals surface area contributed by atoms with E-state index in [-0.39, 0.29) is 24.3 Å². The number of Topliss-reactive ketones (excluding diaryl/α,β-unsaturated/α-hetero) is 1. The van der Waals surface area contributed by atoms with Gasteiger partial charge >= 0.3 is 0 Å². The van der Waals surface area contributed by atoms with Crippen molar-refractivity contribution in [3.8, 4) is 11.5 Å². The van der Waals surface area contributed by atoms with Crippen LogP contribution in [0.5, 0.6) is 11.5 Å². The van der Waals surface area contributed by atoms with Gasteiger partial charge in [-0.3, -0.25) is 4.79 Å². The first kappa shape index (κ1) is 24.3. The van der Waals surface area contributed by atoms with Gasteiger partial charge in [0.15, 0.2) is 5.78 Å². The minimum absolute atomic E-state index is 0.0178. The summed E-state index contributed by atoms with van der Waals surface area (Å²) in [6.45, 7) is 4.35. The number of unbranched alkanes of at least 4 members (excludes halogenated alkanes) is 2. The van der Waals surface area contributed by atoms with Crippen LogP contribution < -0.4 is 15.2 Å². The zero-order valence-corrected chi connectivity index (χ0v) is 19.5. The van der Waals surface area contributed by atoms with Crippen molar-refractivity contribution >= 4 is 17.5 Å². The van der Waals surface area contributed by atoms with Gasteiger partial charge in [0.25, 0.3) is 0 Å². The van der Waals surface area contributed by atoms with Crippen molar-refractivity contribution in [1.82, 2.24) is 0 Å². The number of thioether (sulfide) groups is 1.